The molecule has 0 aliphatic carbocycles. The summed E-state index contributed by atoms with van der Waals surface area (Å²) in [7, 11) is 0. The first-order valence-corrected chi connectivity index (χ1v) is 5.35. The standard InChI is InChI=1S/C10H12O5/c11-6-1-5-8-7(9(12)14-5)4-2-13-3-10(4,6)15-8/h4-5,7-9,12H,1-3H2/t4-,5+,7-,8-,9-,10-/m1/s1. The fourth-order valence-electron chi connectivity index (χ4n) is 3.58. The van der Waals surface area contributed by atoms with Crippen LogP contribution in [-0.4, -0.2) is 48.2 Å². The van der Waals surface area contributed by atoms with Crippen molar-refractivity contribution in [3.05, 3.63) is 0 Å². The molecule has 0 aromatic rings. The van der Waals surface area contributed by atoms with Crippen LogP contribution in [0.5, 0.6) is 0 Å². The third-order valence-electron chi connectivity index (χ3n) is 4.27. The summed E-state index contributed by atoms with van der Waals surface area (Å²) < 4.78 is 16.5. The Bertz CT molecular complexity index is 343. The summed E-state index contributed by atoms with van der Waals surface area (Å²) >= 11 is 0. The molecule has 0 radical (unpaired) electrons. The number of hydrogen-bond donors (Lipinski definition) is 1. The maximum absolute atomic E-state index is 12.0. The second kappa shape index (κ2) is 2.43. The van der Waals surface area contributed by atoms with Gasteiger partial charge < -0.3 is 19.3 Å². The molecule has 1 N–H and O–H groups in total. The zero-order valence-electron chi connectivity index (χ0n) is 8.09. The Labute approximate surface area is 86.3 Å². The number of fused-ring (bicyclic) bond motifs is 1. The van der Waals surface area contributed by atoms with Gasteiger partial charge >= 0.3 is 0 Å². The average molecular weight is 212 g/mol. The molecule has 5 heteroatoms. The van der Waals surface area contributed by atoms with E-state index in [2.05, 4.69) is 0 Å². The molecule has 0 unspecified atom stereocenters. The monoisotopic (exact) mass is 212 g/mol. The second-order valence-corrected chi connectivity index (χ2v) is 4.86. The summed E-state index contributed by atoms with van der Waals surface area (Å²) in [5.41, 5.74) is -0.753. The molecule has 15 heavy (non-hydrogen) atoms. The Morgan fingerprint density at radius 2 is 2.33 bits per heavy atom. The van der Waals surface area contributed by atoms with E-state index in [-0.39, 0.29) is 29.8 Å². The Morgan fingerprint density at radius 3 is 3.20 bits per heavy atom. The molecule has 2 bridgehead atoms. The van der Waals surface area contributed by atoms with Crippen LogP contribution in [0.4, 0.5) is 0 Å². The highest BCUT2D eigenvalue weighted by molar-refractivity contribution is 5.90. The summed E-state index contributed by atoms with van der Waals surface area (Å²) in [4.78, 5) is 12.0. The van der Waals surface area contributed by atoms with Gasteiger partial charge in [-0.1, -0.05) is 0 Å². The number of aliphatic hydroxyl groups is 1. The summed E-state index contributed by atoms with van der Waals surface area (Å²) in [5, 5.41) is 9.78. The van der Waals surface area contributed by atoms with Gasteiger partial charge in [-0.25, -0.2) is 0 Å². The third-order valence-corrected chi connectivity index (χ3v) is 4.27. The van der Waals surface area contributed by atoms with Crippen molar-refractivity contribution in [3.63, 3.8) is 0 Å². The Kier molecular flexibility index (Phi) is 1.40. The number of Topliss-reactive ketones (excluding diaryl/α,β-unsaturated/α-hetero) is 1. The topological polar surface area (TPSA) is 65.0 Å². The second-order valence-electron chi connectivity index (χ2n) is 4.86. The lowest BCUT2D eigenvalue weighted by Gasteiger charge is -2.34. The van der Waals surface area contributed by atoms with E-state index in [1.54, 1.807) is 0 Å². The molecule has 4 rings (SSSR count). The SMILES string of the molecule is O=C1C[C@@H]2O[C@@H](O)[C@H]3[C@@H]2O[C@@]12COC[C@H]32. The van der Waals surface area contributed by atoms with Crippen LogP contribution in [-0.2, 0) is 19.0 Å². The third kappa shape index (κ3) is 0.793. The fraction of sp³-hybridized carbons (Fsp3) is 0.900. The van der Waals surface area contributed by atoms with Crippen LogP contribution < -0.4 is 0 Å². The van der Waals surface area contributed by atoms with Crippen molar-refractivity contribution >= 4 is 5.78 Å². The smallest absolute Gasteiger partial charge is 0.170 e. The number of ether oxygens (including phenoxy) is 3. The highest BCUT2D eigenvalue weighted by Crippen LogP contribution is 2.55. The van der Waals surface area contributed by atoms with Gasteiger partial charge in [0.2, 0.25) is 0 Å². The van der Waals surface area contributed by atoms with E-state index in [0.717, 1.165) is 0 Å². The average Bonchev–Trinajstić information content (AvgIpc) is 2.74. The largest absolute Gasteiger partial charge is 0.378 e. The van der Waals surface area contributed by atoms with Crippen molar-refractivity contribution in [2.24, 2.45) is 11.8 Å². The molecule has 1 spiro atoms. The van der Waals surface area contributed by atoms with Gasteiger partial charge in [-0.15, -0.1) is 0 Å². The molecule has 6 atom stereocenters. The Morgan fingerprint density at radius 1 is 1.47 bits per heavy atom. The number of rotatable bonds is 0. The summed E-state index contributed by atoms with van der Waals surface area (Å²) in [5.74, 6) is -0.0119. The van der Waals surface area contributed by atoms with Gasteiger partial charge in [-0.3, -0.25) is 4.79 Å². The Balaban J connectivity index is 1.85. The summed E-state index contributed by atoms with van der Waals surface area (Å²) in [6, 6.07) is 0. The van der Waals surface area contributed by atoms with Crippen LogP contribution >= 0.6 is 0 Å². The van der Waals surface area contributed by atoms with Gasteiger partial charge in [0.15, 0.2) is 17.7 Å². The van der Waals surface area contributed by atoms with Crippen molar-refractivity contribution in [3.8, 4) is 0 Å². The first-order valence-electron chi connectivity index (χ1n) is 5.35. The molecule has 4 saturated heterocycles. The van der Waals surface area contributed by atoms with E-state index in [1.165, 1.54) is 0 Å². The van der Waals surface area contributed by atoms with E-state index in [4.69, 9.17) is 14.2 Å². The molecule has 0 aromatic carbocycles. The highest BCUT2D eigenvalue weighted by Gasteiger charge is 2.71. The van der Waals surface area contributed by atoms with Gasteiger partial charge in [0, 0.05) is 18.3 Å². The molecule has 4 fully saturated rings. The minimum atomic E-state index is -0.790. The van der Waals surface area contributed by atoms with Gasteiger partial charge in [-0.2, -0.15) is 0 Å². The first kappa shape index (κ1) is 8.64. The minimum Gasteiger partial charge on any atom is -0.378 e. The molecule has 4 heterocycles. The van der Waals surface area contributed by atoms with Crippen molar-refractivity contribution < 1.29 is 24.1 Å². The highest BCUT2D eigenvalue weighted by atomic mass is 16.7. The van der Waals surface area contributed by atoms with E-state index >= 15 is 0 Å². The Hall–Kier alpha value is -0.490. The van der Waals surface area contributed by atoms with E-state index < -0.39 is 11.9 Å². The van der Waals surface area contributed by atoms with Crippen LogP contribution in [0.25, 0.3) is 0 Å². The quantitative estimate of drug-likeness (QED) is 0.562. The number of aliphatic hydroxyl groups excluding tert-OH is 1. The predicted octanol–water partition coefficient (Wildman–Crippen LogP) is -0.923. The van der Waals surface area contributed by atoms with Crippen molar-refractivity contribution in [2.45, 2.75) is 30.5 Å². The van der Waals surface area contributed by atoms with E-state index in [0.29, 0.717) is 19.6 Å². The summed E-state index contributed by atoms with van der Waals surface area (Å²) in [6.07, 6.45) is -0.778. The lowest BCUT2D eigenvalue weighted by molar-refractivity contribution is -0.182. The summed E-state index contributed by atoms with van der Waals surface area (Å²) in [6.45, 7) is 0.850. The zero-order chi connectivity index (χ0) is 10.2. The van der Waals surface area contributed by atoms with E-state index in [9.17, 15) is 9.90 Å². The molecular formula is C10H12O5. The lowest BCUT2D eigenvalue weighted by Crippen LogP contribution is -2.51. The normalized spacial score (nSPS) is 61.1. The number of carbonyl (C=O) groups excluding carboxylic acids is 1. The van der Waals surface area contributed by atoms with Crippen LogP contribution in [0.1, 0.15) is 6.42 Å². The molecular weight excluding hydrogens is 200 g/mol. The van der Waals surface area contributed by atoms with Crippen LogP contribution in [0.2, 0.25) is 0 Å². The van der Waals surface area contributed by atoms with Gasteiger partial charge in [0.25, 0.3) is 0 Å². The lowest BCUT2D eigenvalue weighted by atomic mass is 9.81. The van der Waals surface area contributed by atoms with Gasteiger partial charge in [-0.05, 0) is 0 Å². The van der Waals surface area contributed by atoms with Crippen LogP contribution in [0.3, 0.4) is 0 Å². The number of ketones is 1. The minimum absolute atomic E-state index is 0.0162. The molecule has 0 amide bonds. The molecule has 0 saturated carbocycles. The number of hydrogen-bond acceptors (Lipinski definition) is 5. The maximum atomic E-state index is 12.0. The van der Waals surface area contributed by atoms with Crippen LogP contribution in [0, 0.1) is 11.8 Å². The zero-order valence-corrected chi connectivity index (χ0v) is 8.09. The molecule has 4 aliphatic heterocycles. The maximum Gasteiger partial charge on any atom is 0.170 e. The molecule has 82 valence electrons. The van der Waals surface area contributed by atoms with Crippen molar-refractivity contribution in [1.29, 1.82) is 0 Å². The van der Waals surface area contributed by atoms with E-state index in [1.807, 2.05) is 0 Å². The van der Waals surface area contributed by atoms with Crippen LogP contribution in [0.15, 0.2) is 0 Å². The first-order chi connectivity index (χ1) is 7.22. The van der Waals surface area contributed by atoms with Gasteiger partial charge in [0.1, 0.15) is 0 Å². The molecule has 0 aromatic heterocycles. The number of carbonyl (C=O) groups is 1. The fourth-order valence-corrected chi connectivity index (χ4v) is 3.58. The predicted molar refractivity (Wildman–Crippen MR) is 45.9 cm³/mol. The van der Waals surface area contributed by atoms with Crippen molar-refractivity contribution in [1.82, 2.24) is 0 Å². The van der Waals surface area contributed by atoms with Gasteiger partial charge in [0.05, 0.1) is 25.4 Å². The van der Waals surface area contributed by atoms with Crippen molar-refractivity contribution in [2.75, 3.05) is 13.2 Å². The molecule has 5 nitrogen and oxygen atoms in total. The molecule has 4 aliphatic rings.